The van der Waals surface area contributed by atoms with Crippen LogP contribution in [0.1, 0.15) is 29.6 Å². The van der Waals surface area contributed by atoms with E-state index in [-0.39, 0.29) is 17.5 Å². The van der Waals surface area contributed by atoms with Gasteiger partial charge in [-0.25, -0.2) is 0 Å². The summed E-state index contributed by atoms with van der Waals surface area (Å²) in [6, 6.07) is 4.90. The molecule has 0 aromatic heterocycles. The molecule has 0 unspecified atom stereocenters. The van der Waals surface area contributed by atoms with E-state index in [1.165, 1.54) is 0 Å². The van der Waals surface area contributed by atoms with Crippen LogP contribution >= 0.6 is 23.2 Å². The lowest BCUT2D eigenvalue weighted by Crippen LogP contribution is -2.47. The van der Waals surface area contributed by atoms with E-state index in [4.69, 9.17) is 23.2 Å². The summed E-state index contributed by atoms with van der Waals surface area (Å²) in [6.07, 6.45) is 2.47. The van der Waals surface area contributed by atoms with Crippen LogP contribution in [0.2, 0.25) is 10.0 Å². The minimum atomic E-state index is -0.735. The van der Waals surface area contributed by atoms with Gasteiger partial charge in [0.25, 0.3) is 5.91 Å². The highest BCUT2D eigenvalue weighted by Gasteiger charge is 2.34. The lowest BCUT2D eigenvalue weighted by Gasteiger charge is -2.36. The first-order chi connectivity index (χ1) is 8.02. The normalized spacial score (nSPS) is 17.4. The fraction of sp³-hybridized carbons (Fsp3) is 0.417. The lowest BCUT2D eigenvalue weighted by molar-refractivity contribution is -0.0300. The Kier molecular flexibility index (Phi) is 3.61. The second-order valence-corrected chi connectivity index (χ2v) is 5.15. The van der Waals surface area contributed by atoms with Gasteiger partial charge in [-0.1, -0.05) is 29.3 Å². The lowest BCUT2D eigenvalue weighted by atomic mass is 9.80. The molecule has 92 valence electrons. The van der Waals surface area contributed by atoms with Crippen molar-refractivity contribution in [3.63, 3.8) is 0 Å². The van der Waals surface area contributed by atoms with E-state index in [0.717, 1.165) is 19.3 Å². The van der Waals surface area contributed by atoms with Crippen LogP contribution in [0.25, 0.3) is 0 Å². The van der Waals surface area contributed by atoms with Gasteiger partial charge in [0, 0.05) is 6.54 Å². The number of halogens is 2. The van der Waals surface area contributed by atoms with Crippen LogP contribution < -0.4 is 5.32 Å². The fourth-order valence-corrected chi connectivity index (χ4v) is 2.17. The van der Waals surface area contributed by atoms with Gasteiger partial charge in [0.15, 0.2) is 0 Å². The van der Waals surface area contributed by atoms with Crippen molar-refractivity contribution in [3.05, 3.63) is 33.8 Å². The van der Waals surface area contributed by atoms with Crippen molar-refractivity contribution in [2.45, 2.75) is 24.9 Å². The molecule has 0 heterocycles. The highest BCUT2D eigenvalue weighted by atomic mass is 35.5. The quantitative estimate of drug-likeness (QED) is 0.890. The maximum absolute atomic E-state index is 11.8. The van der Waals surface area contributed by atoms with Crippen molar-refractivity contribution in [1.82, 2.24) is 5.32 Å². The molecule has 2 N–H and O–H groups in total. The molecule has 1 fully saturated rings. The van der Waals surface area contributed by atoms with E-state index < -0.39 is 5.60 Å². The first kappa shape index (κ1) is 12.7. The van der Waals surface area contributed by atoms with E-state index in [1.807, 2.05) is 0 Å². The number of rotatable bonds is 3. The molecule has 0 radical (unpaired) electrons. The van der Waals surface area contributed by atoms with Gasteiger partial charge in [-0.2, -0.15) is 0 Å². The molecule has 2 rings (SSSR count). The zero-order valence-electron chi connectivity index (χ0n) is 9.17. The Morgan fingerprint density at radius 2 is 2.12 bits per heavy atom. The summed E-state index contributed by atoms with van der Waals surface area (Å²) in [7, 11) is 0. The molecular weight excluding hydrogens is 261 g/mol. The molecule has 0 spiro atoms. The van der Waals surface area contributed by atoms with Gasteiger partial charge in [0.2, 0.25) is 0 Å². The Morgan fingerprint density at radius 1 is 1.41 bits per heavy atom. The van der Waals surface area contributed by atoms with Crippen LogP contribution in [0.15, 0.2) is 18.2 Å². The van der Waals surface area contributed by atoms with Crippen molar-refractivity contribution < 1.29 is 9.90 Å². The molecule has 17 heavy (non-hydrogen) atoms. The number of amides is 1. The molecule has 1 saturated carbocycles. The van der Waals surface area contributed by atoms with Crippen molar-refractivity contribution in [2.24, 2.45) is 0 Å². The second kappa shape index (κ2) is 4.84. The molecule has 0 bridgehead atoms. The van der Waals surface area contributed by atoms with E-state index >= 15 is 0 Å². The highest BCUT2D eigenvalue weighted by Crippen LogP contribution is 2.31. The van der Waals surface area contributed by atoms with Gasteiger partial charge < -0.3 is 10.4 Å². The van der Waals surface area contributed by atoms with Crippen LogP contribution in [0.4, 0.5) is 0 Å². The third-order valence-electron chi connectivity index (χ3n) is 3.06. The second-order valence-electron chi connectivity index (χ2n) is 4.36. The monoisotopic (exact) mass is 273 g/mol. The average molecular weight is 274 g/mol. The zero-order valence-corrected chi connectivity index (χ0v) is 10.7. The first-order valence-electron chi connectivity index (χ1n) is 5.46. The molecule has 1 aliphatic rings. The molecule has 0 aliphatic heterocycles. The topological polar surface area (TPSA) is 49.3 Å². The maximum Gasteiger partial charge on any atom is 0.252 e. The summed E-state index contributed by atoms with van der Waals surface area (Å²) in [6.45, 7) is 0.259. The summed E-state index contributed by atoms with van der Waals surface area (Å²) >= 11 is 11.8. The maximum atomic E-state index is 11.8. The van der Waals surface area contributed by atoms with E-state index in [0.29, 0.717) is 10.6 Å². The van der Waals surface area contributed by atoms with Crippen molar-refractivity contribution in [1.29, 1.82) is 0 Å². The van der Waals surface area contributed by atoms with E-state index in [2.05, 4.69) is 5.32 Å². The van der Waals surface area contributed by atoms with Gasteiger partial charge in [-0.05, 0) is 31.4 Å². The number of nitrogens with one attached hydrogen (secondary N) is 1. The van der Waals surface area contributed by atoms with Crippen molar-refractivity contribution in [3.8, 4) is 0 Å². The van der Waals surface area contributed by atoms with Gasteiger partial charge in [0.05, 0.1) is 21.2 Å². The number of aliphatic hydroxyl groups is 1. The Hall–Kier alpha value is -0.770. The number of benzene rings is 1. The third-order valence-corrected chi connectivity index (χ3v) is 3.88. The SMILES string of the molecule is O=C(NCC1(O)CCC1)c1cccc(Cl)c1Cl. The van der Waals surface area contributed by atoms with Crippen LogP contribution in [0, 0.1) is 0 Å². The number of carbonyl (C=O) groups is 1. The Morgan fingerprint density at radius 3 is 2.71 bits per heavy atom. The molecule has 1 aliphatic carbocycles. The molecule has 3 nitrogen and oxygen atoms in total. The minimum absolute atomic E-state index is 0.243. The predicted octanol–water partition coefficient (Wildman–Crippen LogP) is 2.64. The van der Waals surface area contributed by atoms with Gasteiger partial charge in [0.1, 0.15) is 0 Å². The minimum Gasteiger partial charge on any atom is -0.388 e. The smallest absolute Gasteiger partial charge is 0.252 e. The van der Waals surface area contributed by atoms with E-state index in [9.17, 15) is 9.90 Å². The molecular formula is C12H13Cl2NO2. The van der Waals surface area contributed by atoms with Gasteiger partial charge in [-0.3, -0.25) is 4.79 Å². The summed E-state index contributed by atoms with van der Waals surface area (Å²) in [4.78, 5) is 11.8. The van der Waals surface area contributed by atoms with Gasteiger partial charge >= 0.3 is 0 Å². The van der Waals surface area contributed by atoms with E-state index in [1.54, 1.807) is 18.2 Å². The molecule has 1 aromatic rings. The molecule has 1 amide bonds. The standard InChI is InChI=1S/C12H13Cl2NO2/c13-9-4-1-3-8(10(9)14)11(16)15-7-12(17)5-2-6-12/h1,3-4,17H,2,5-7H2,(H,15,16). The first-order valence-corrected chi connectivity index (χ1v) is 6.22. The van der Waals surface area contributed by atoms with Crippen molar-refractivity contribution in [2.75, 3.05) is 6.54 Å². The summed E-state index contributed by atoms with van der Waals surface area (Å²) in [5, 5.41) is 13.1. The molecule has 5 heteroatoms. The van der Waals surface area contributed by atoms with Crippen LogP contribution in [-0.2, 0) is 0 Å². The highest BCUT2D eigenvalue weighted by molar-refractivity contribution is 6.43. The zero-order chi connectivity index (χ0) is 12.5. The van der Waals surface area contributed by atoms with Crippen LogP contribution in [0.5, 0.6) is 0 Å². The predicted molar refractivity (Wildman–Crippen MR) is 67.6 cm³/mol. The fourth-order valence-electron chi connectivity index (χ4n) is 1.78. The Balaban J connectivity index is 2.02. The summed E-state index contributed by atoms with van der Waals surface area (Å²) < 4.78 is 0. The average Bonchev–Trinajstić information content (AvgIpc) is 2.27. The molecule has 0 atom stereocenters. The van der Waals surface area contributed by atoms with Crippen LogP contribution in [0.3, 0.4) is 0 Å². The number of hydrogen-bond donors (Lipinski definition) is 2. The largest absolute Gasteiger partial charge is 0.388 e. The molecule has 1 aromatic carbocycles. The third kappa shape index (κ3) is 2.73. The van der Waals surface area contributed by atoms with Crippen LogP contribution in [-0.4, -0.2) is 23.2 Å². The number of hydrogen-bond acceptors (Lipinski definition) is 2. The Labute approximate surface area is 110 Å². The summed E-state index contributed by atoms with van der Waals surface area (Å²) in [5.74, 6) is -0.308. The van der Waals surface area contributed by atoms with Crippen molar-refractivity contribution >= 4 is 29.1 Å². The summed E-state index contributed by atoms with van der Waals surface area (Å²) in [5.41, 5.74) is -0.400. The molecule has 0 saturated heterocycles. The van der Waals surface area contributed by atoms with Gasteiger partial charge in [-0.15, -0.1) is 0 Å². The Bertz CT molecular complexity index is 444. The number of carbonyl (C=O) groups excluding carboxylic acids is 1.